The smallest absolute Gasteiger partial charge is 0.224 e. The third-order valence-electron chi connectivity index (χ3n) is 6.44. The number of ether oxygens (including phenoxy) is 1. The maximum Gasteiger partial charge on any atom is 0.224 e. The van der Waals surface area contributed by atoms with Gasteiger partial charge in [0.15, 0.2) is 0 Å². The van der Waals surface area contributed by atoms with Gasteiger partial charge in [-0.2, -0.15) is 0 Å². The van der Waals surface area contributed by atoms with Gasteiger partial charge in [-0.25, -0.2) is 0 Å². The van der Waals surface area contributed by atoms with Crippen LogP contribution in [0.2, 0.25) is 0 Å². The summed E-state index contributed by atoms with van der Waals surface area (Å²) in [5.41, 5.74) is 6.19. The largest absolute Gasteiger partial charge is 0.496 e. The van der Waals surface area contributed by atoms with Crippen molar-refractivity contribution in [2.45, 2.75) is 38.5 Å². The SMILES string of the molecule is COc1cccc2c1CC(CNCCCC(=O)Nc1ccc(Cc3ccccc3)cc1)CC2. The summed E-state index contributed by atoms with van der Waals surface area (Å²) >= 11 is 0. The van der Waals surface area contributed by atoms with Crippen LogP contribution in [0.3, 0.4) is 0 Å². The summed E-state index contributed by atoms with van der Waals surface area (Å²) < 4.78 is 5.55. The van der Waals surface area contributed by atoms with Crippen LogP contribution in [0.1, 0.15) is 41.5 Å². The number of anilines is 1. The Morgan fingerprint density at radius 2 is 1.76 bits per heavy atom. The van der Waals surface area contributed by atoms with Crippen LogP contribution in [0, 0.1) is 5.92 Å². The molecule has 0 heterocycles. The number of amides is 1. The maximum atomic E-state index is 12.3. The normalized spacial score (nSPS) is 15.0. The van der Waals surface area contributed by atoms with Gasteiger partial charge in [0.2, 0.25) is 5.91 Å². The number of carbonyl (C=O) groups is 1. The Labute approximate surface area is 197 Å². The highest BCUT2D eigenvalue weighted by Gasteiger charge is 2.21. The summed E-state index contributed by atoms with van der Waals surface area (Å²) in [6.07, 6.45) is 5.65. The second kappa shape index (κ2) is 11.7. The van der Waals surface area contributed by atoms with Crippen LogP contribution >= 0.6 is 0 Å². The van der Waals surface area contributed by atoms with E-state index >= 15 is 0 Å². The second-order valence-electron chi connectivity index (χ2n) is 8.92. The summed E-state index contributed by atoms with van der Waals surface area (Å²) in [4.78, 5) is 12.3. The van der Waals surface area contributed by atoms with E-state index in [1.165, 1.54) is 28.7 Å². The monoisotopic (exact) mass is 442 g/mol. The molecule has 3 aromatic carbocycles. The van der Waals surface area contributed by atoms with Crippen LogP contribution in [0.4, 0.5) is 5.69 Å². The van der Waals surface area contributed by atoms with E-state index in [1.54, 1.807) is 7.11 Å². The first-order chi connectivity index (χ1) is 16.2. The molecule has 4 rings (SSSR count). The van der Waals surface area contributed by atoms with Crippen molar-refractivity contribution in [2.75, 3.05) is 25.5 Å². The van der Waals surface area contributed by atoms with Crippen LogP contribution in [0.15, 0.2) is 72.8 Å². The zero-order valence-corrected chi connectivity index (χ0v) is 19.5. The first-order valence-corrected chi connectivity index (χ1v) is 12.0. The lowest BCUT2D eigenvalue weighted by molar-refractivity contribution is -0.116. The molecule has 2 N–H and O–H groups in total. The van der Waals surface area contributed by atoms with Gasteiger partial charge in [0.05, 0.1) is 7.11 Å². The number of benzene rings is 3. The number of aryl methyl sites for hydroxylation is 1. The molecule has 1 unspecified atom stereocenters. The first-order valence-electron chi connectivity index (χ1n) is 12.0. The summed E-state index contributed by atoms with van der Waals surface area (Å²) in [5.74, 6) is 1.71. The lowest BCUT2D eigenvalue weighted by Crippen LogP contribution is -2.28. The van der Waals surface area contributed by atoms with Gasteiger partial charge in [-0.15, -0.1) is 0 Å². The maximum absolute atomic E-state index is 12.3. The van der Waals surface area contributed by atoms with Crippen molar-refractivity contribution in [3.05, 3.63) is 95.1 Å². The van der Waals surface area contributed by atoms with Gasteiger partial charge in [0.1, 0.15) is 5.75 Å². The first kappa shape index (κ1) is 23.1. The number of fused-ring (bicyclic) bond motifs is 1. The van der Waals surface area contributed by atoms with Crippen LogP contribution in [-0.4, -0.2) is 26.1 Å². The van der Waals surface area contributed by atoms with Gasteiger partial charge in [-0.1, -0.05) is 54.6 Å². The number of methoxy groups -OCH3 is 1. The molecule has 0 aromatic heterocycles. The van der Waals surface area contributed by atoms with Gasteiger partial charge < -0.3 is 15.4 Å². The highest BCUT2D eigenvalue weighted by Crippen LogP contribution is 2.31. The molecule has 1 aliphatic carbocycles. The van der Waals surface area contributed by atoms with Gasteiger partial charge in [-0.05, 0) is 91.6 Å². The summed E-state index contributed by atoms with van der Waals surface area (Å²) in [6.45, 7) is 1.85. The summed E-state index contributed by atoms with van der Waals surface area (Å²) in [6, 6.07) is 24.9. The van der Waals surface area contributed by atoms with Crippen LogP contribution in [0.25, 0.3) is 0 Å². The van der Waals surface area contributed by atoms with E-state index in [0.717, 1.165) is 50.2 Å². The van der Waals surface area contributed by atoms with Crippen molar-refractivity contribution in [3.63, 3.8) is 0 Å². The van der Waals surface area contributed by atoms with Gasteiger partial charge >= 0.3 is 0 Å². The van der Waals surface area contributed by atoms with Crippen molar-refractivity contribution in [1.82, 2.24) is 5.32 Å². The molecule has 172 valence electrons. The number of hydrogen-bond donors (Lipinski definition) is 2. The Morgan fingerprint density at radius 3 is 2.55 bits per heavy atom. The molecule has 0 spiro atoms. The Hall–Kier alpha value is -3.11. The van der Waals surface area contributed by atoms with Crippen molar-refractivity contribution in [1.29, 1.82) is 0 Å². The van der Waals surface area contributed by atoms with Crippen molar-refractivity contribution in [3.8, 4) is 5.75 Å². The second-order valence-corrected chi connectivity index (χ2v) is 8.92. The molecule has 0 radical (unpaired) electrons. The Kier molecular flexibility index (Phi) is 8.15. The molecular formula is C29H34N2O2. The number of nitrogens with one attached hydrogen (secondary N) is 2. The van der Waals surface area contributed by atoms with E-state index in [4.69, 9.17) is 4.74 Å². The minimum atomic E-state index is 0.0731. The standard InChI is InChI=1S/C29H34N2O2/c1-33-28-10-5-9-25-15-12-24(20-27(25)28)21-30-18-6-11-29(32)31-26-16-13-23(14-17-26)19-22-7-3-2-4-8-22/h2-5,7-10,13-14,16-17,24,30H,6,11-12,15,18-21H2,1H3,(H,31,32). The van der Waals surface area contributed by atoms with Crippen LogP contribution < -0.4 is 15.4 Å². The quantitative estimate of drug-likeness (QED) is 0.413. The highest BCUT2D eigenvalue weighted by atomic mass is 16.5. The Balaban J connectivity index is 1.13. The topological polar surface area (TPSA) is 50.4 Å². The number of carbonyl (C=O) groups excluding carboxylic acids is 1. The molecule has 0 bridgehead atoms. The van der Waals surface area contributed by atoms with Gasteiger partial charge in [0, 0.05) is 12.1 Å². The van der Waals surface area contributed by atoms with E-state index in [1.807, 2.05) is 18.2 Å². The Morgan fingerprint density at radius 1 is 0.970 bits per heavy atom. The Bertz CT molecular complexity index is 1020. The molecule has 33 heavy (non-hydrogen) atoms. The van der Waals surface area contributed by atoms with Crippen molar-refractivity contribution < 1.29 is 9.53 Å². The fourth-order valence-electron chi connectivity index (χ4n) is 4.63. The average molecular weight is 443 g/mol. The molecule has 4 heteroatoms. The van der Waals surface area contributed by atoms with Gasteiger partial charge in [0.25, 0.3) is 0 Å². The molecular weight excluding hydrogens is 408 g/mol. The van der Waals surface area contributed by atoms with Crippen molar-refractivity contribution >= 4 is 11.6 Å². The zero-order chi connectivity index (χ0) is 22.9. The third-order valence-corrected chi connectivity index (χ3v) is 6.44. The molecule has 3 aromatic rings. The molecule has 0 aliphatic heterocycles. The van der Waals surface area contributed by atoms with Crippen molar-refractivity contribution in [2.24, 2.45) is 5.92 Å². The predicted octanol–water partition coefficient (Wildman–Crippen LogP) is 5.40. The lowest BCUT2D eigenvalue weighted by Gasteiger charge is -2.26. The minimum absolute atomic E-state index is 0.0731. The highest BCUT2D eigenvalue weighted by molar-refractivity contribution is 5.90. The summed E-state index contributed by atoms with van der Waals surface area (Å²) in [5, 5.41) is 6.57. The molecule has 0 fully saturated rings. The van der Waals surface area contributed by atoms with Gasteiger partial charge in [-0.3, -0.25) is 4.79 Å². The van der Waals surface area contributed by atoms with E-state index in [2.05, 4.69) is 65.2 Å². The molecule has 1 atom stereocenters. The lowest BCUT2D eigenvalue weighted by atomic mass is 9.83. The predicted molar refractivity (Wildman–Crippen MR) is 135 cm³/mol. The zero-order valence-electron chi connectivity index (χ0n) is 19.5. The fraction of sp³-hybridized carbons (Fsp3) is 0.345. The molecule has 0 saturated heterocycles. The number of hydrogen-bond acceptors (Lipinski definition) is 3. The van der Waals surface area contributed by atoms with E-state index in [9.17, 15) is 4.79 Å². The minimum Gasteiger partial charge on any atom is -0.496 e. The molecule has 1 aliphatic rings. The van der Waals surface area contributed by atoms with E-state index in [-0.39, 0.29) is 5.91 Å². The molecule has 0 saturated carbocycles. The summed E-state index contributed by atoms with van der Waals surface area (Å²) in [7, 11) is 1.75. The fourth-order valence-corrected chi connectivity index (χ4v) is 4.63. The third kappa shape index (κ3) is 6.69. The van der Waals surface area contributed by atoms with Crippen LogP contribution in [-0.2, 0) is 24.1 Å². The average Bonchev–Trinajstić information content (AvgIpc) is 2.85. The van der Waals surface area contributed by atoms with E-state index < -0.39 is 0 Å². The number of rotatable bonds is 10. The molecule has 4 nitrogen and oxygen atoms in total. The van der Waals surface area contributed by atoms with E-state index in [0.29, 0.717) is 12.3 Å². The van der Waals surface area contributed by atoms with Crippen LogP contribution in [0.5, 0.6) is 5.75 Å². The molecule has 1 amide bonds.